The van der Waals surface area contributed by atoms with Gasteiger partial charge < -0.3 is 9.13 Å². The fraction of sp³-hybridized carbons (Fsp3) is 0.209. The number of nitrogens with zero attached hydrogens (tertiary/aromatic N) is 2. The Morgan fingerprint density at radius 2 is 1.51 bits per heavy atom. The SMILES string of the molecule is CC1=CCC=C(n2c3ccccc3c3cc(-n4c5c(c6cc7c(cc64)C(C)(C)c4ccccc4-7)C(C)CC=C5)ccc32)C(C)=C1. The van der Waals surface area contributed by atoms with Gasteiger partial charge in [-0.05, 0) is 108 Å². The number of aromatic nitrogens is 2. The topological polar surface area (TPSA) is 9.86 Å². The Bertz CT molecular complexity index is 2380. The van der Waals surface area contributed by atoms with Crippen LogP contribution in [0.5, 0.6) is 0 Å². The van der Waals surface area contributed by atoms with Crippen molar-refractivity contribution in [2.75, 3.05) is 0 Å². The fourth-order valence-electron chi connectivity index (χ4n) is 8.61. The molecule has 0 N–H and O–H groups in total. The summed E-state index contributed by atoms with van der Waals surface area (Å²) in [4.78, 5) is 0. The third-order valence-electron chi connectivity index (χ3n) is 10.8. The predicted molar refractivity (Wildman–Crippen MR) is 192 cm³/mol. The van der Waals surface area contributed by atoms with Crippen molar-refractivity contribution >= 4 is 44.5 Å². The van der Waals surface area contributed by atoms with Crippen molar-refractivity contribution in [1.29, 1.82) is 0 Å². The van der Waals surface area contributed by atoms with Crippen molar-refractivity contribution in [3.63, 3.8) is 0 Å². The van der Waals surface area contributed by atoms with Gasteiger partial charge in [0.25, 0.3) is 0 Å². The van der Waals surface area contributed by atoms with E-state index in [1.165, 1.54) is 88.8 Å². The highest BCUT2D eigenvalue weighted by atomic mass is 15.0. The van der Waals surface area contributed by atoms with Crippen molar-refractivity contribution in [3.8, 4) is 16.8 Å². The molecule has 0 amide bonds. The summed E-state index contributed by atoms with van der Waals surface area (Å²) in [5.74, 6) is 0.469. The second kappa shape index (κ2) is 9.34. The maximum absolute atomic E-state index is 2.55. The first-order chi connectivity index (χ1) is 21.8. The normalized spacial score (nSPS) is 18.4. The van der Waals surface area contributed by atoms with Gasteiger partial charge in [-0.25, -0.2) is 0 Å². The van der Waals surface area contributed by atoms with E-state index < -0.39 is 0 Å². The van der Waals surface area contributed by atoms with E-state index in [9.17, 15) is 0 Å². The molecule has 0 fully saturated rings. The van der Waals surface area contributed by atoms with Gasteiger partial charge in [-0.3, -0.25) is 0 Å². The summed E-state index contributed by atoms with van der Waals surface area (Å²) >= 11 is 0. The first-order valence-electron chi connectivity index (χ1n) is 16.4. The largest absolute Gasteiger partial charge is 0.310 e. The number of rotatable bonds is 2. The molecule has 2 nitrogen and oxygen atoms in total. The van der Waals surface area contributed by atoms with Crippen LogP contribution in [0.4, 0.5) is 0 Å². The van der Waals surface area contributed by atoms with Gasteiger partial charge in [-0.2, -0.15) is 0 Å². The summed E-state index contributed by atoms with van der Waals surface area (Å²) in [6.45, 7) is 11.6. The lowest BCUT2D eigenvalue weighted by Gasteiger charge is -2.21. The van der Waals surface area contributed by atoms with Gasteiger partial charge >= 0.3 is 0 Å². The van der Waals surface area contributed by atoms with Crippen molar-refractivity contribution in [3.05, 3.63) is 137 Å². The number of hydrogen-bond donors (Lipinski definition) is 0. The number of hydrogen-bond acceptors (Lipinski definition) is 0. The van der Waals surface area contributed by atoms with Gasteiger partial charge in [0, 0.05) is 38.7 Å². The molecular weight excluding hydrogens is 544 g/mol. The molecule has 220 valence electrons. The van der Waals surface area contributed by atoms with Crippen LogP contribution in [0.2, 0.25) is 0 Å². The summed E-state index contributed by atoms with van der Waals surface area (Å²) in [5, 5.41) is 3.98. The Hall–Kier alpha value is -4.82. The molecule has 4 aromatic carbocycles. The highest BCUT2D eigenvalue weighted by Crippen LogP contribution is 2.52. The van der Waals surface area contributed by atoms with E-state index in [1.807, 2.05) is 0 Å². The lowest BCUT2D eigenvalue weighted by Crippen LogP contribution is -2.15. The van der Waals surface area contributed by atoms with Crippen LogP contribution in [0, 0.1) is 0 Å². The molecule has 45 heavy (non-hydrogen) atoms. The van der Waals surface area contributed by atoms with Crippen LogP contribution in [-0.2, 0) is 5.41 Å². The number of fused-ring (bicyclic) bond motifs is 9. The van der Waals surface area contributed by atoms with Crippen LogP contribution in [-0.4, -0.2) is 9.13 Å². The first kappa shape index (κ1) is 26.6. The number of para-hydroxylation sites is 1. The molecule has 3 aliphatic rings. The van der Waals surface area contributed by atoms with Crippen LogP contribution in [0.1, 0.15) is 75.8 Å². The minimum absolute atomic E-state index is 0.0421. The summed E-state index contributed by atoms with van der Waals surface area (Å²) in [5.41, 5.74) is 17.4. The maximum atomic E-state index is 2.55. The third kappa shape index (κ3) is 3.63. The molecule has 9 rings (SSSR count). The van der Waals surface area contributed by atoms with Gasteiger partial charge in [0.05, 0.1) is 16.6 Å². The molecule has 0 saturated heterocycles. The highest BCUT2D eigenvalue weighted by Gasteiger charge is 2.37. The maximum Gasteiger partial charge on any atom is 0.0542 e. The monoisotopic (exact) mass is 582 g/mol. The van der Waals surface area contributed by atoms with E-state index in [1.54, 1.807) is 0 Å². The summed E-state index contributed by atoms with van der Waals surface area (Å²) in [7, 11) is 0. The molecule has 2 aromatic heterocycles. The van der Waals surface area contributed by atoms with Crippen LogP contribution < -0.4 is 0 Å². The van der Waals surface area contributed by atoms with Crippen molar-refractivity contribution < 1.29 is 0 Å². The standard InChI is InChI=1S/C43H38N2/c1-26-12-10-18-37(28(3)22-26)45-38-17-9-7-15-31(38)33-23-29(20-21-39(33)45)44-40-19-11-13-27(2)42(40)34-24-32-30-14-6-8-16-35(30)43(4,5)36(32)25-41(34)44/h6-9,11-12,14-25,27H,10,13H2,1-5H3. The molecule has 0 saturated carbocycles. The fourth-order valence-corrected chi connectivity index (χ4v) is 8.61. The van der Waals surface area contributed by atoms with Gasteiger partial charge in [0.15, 0.2) is 0 Å². The smallest absolute Gasteiger partial charge is 0.0542 e. The molecule has 0 aliphatic heterocycles. The third-order valence-corrected chi connectivity index (χ3v) is 10.8. The Balaban J connectivity index is 1.33. The first-order valence-corrected chi connectivity index (χ1v) is 16.4. The molecule has 1 unspecified atom stereocenters. The van der Waals surface area contributed by atoms with Crippen LogP contribution in [0.3, 0.4) is 0 Å². The number of benzene rings is 4. The molecular formula is C43H38N2. The van der Waals surface area contributed by atoms with E-state index in [0.29, 0.717) is 5.92 Å². The van der Waals surface area contributed by atoms with Crippen molar-refractivity contribution in [2.45, 2.75) is 58.8 Å². The quantitative estimate of drug-likeness (QED) is 0.192. The Morgan fingerprint density at radius 3 is 2.40 bits per heavy atom. The van der Waals surface area contributed by atoms with E-state index >= 15 is 0 Å². The van der Waals surface area contributed by atoms with Crippen LogP contribution in [0.15, 0.2) is 114 Å². The summed E-state index contributed by atoms with van der Waals surface area (Å²) in [6.07, 6.45) is 13.8. The van der Waals surface area contributed by atoms with Gasteiger partial charge in [0.1, 0.15) is 0 Å². The molecule has 0 bridgehead atoms. The highest BCUT2D eigenvalue weighted by molar-refractivity contribution is 6.11. The second-order valence-corrected chi connectivity index (χ2v) is 13.9. The Kier molecular flexibility index (Phi) is 5.52. The molecule has 3 aliphatic carbocycles. The molecule has 6 aromatic rings. The summed E-state index contributed by atoms with van der Waals surface area (Å²) in [6, 6.07) is 30.1. The molecule has 2 heterocycles. The lowest BCUT2D eigenvalue weighted by atomic mass is 9.82. The van der Waals surface area contributed by atoms with Gasteiger partial charge in [0.2, 0.25) is 0 Å². The van der Waals surface area contributed by atoms with Gasteiger partial charge in [-0.1, -0.05) is 93.1 Å². The van der Waals surface area contributed by atoms with E-state index in [2.05, 4.69) is 153 Å². The zero-order chi connectivity index (χ0) is 30.6. The molecule has 2 heteroatoms. The van der Waals surface area contributed by atoms with Crippen LogP contribution in [0.25, 0.3) is 61.3 Å². The van der Waals surface area contributed by atoms with E-state index in [4.69, 9.17) is 0 Å². The second-order valence-electron chi connectivity index (χ2n) is 13.9. The predicted octanol–water partition coefficient (Wildman–Crippen LogP) is 11.7. The molecule has 0 radical (unpaired) electrons. The zero-order valence-electron chi connectivity index (χ0n) is 26.8. The van der Waals surface area contributed by atoms with Crippen LogP contribution >= 0.6 is 0 Å². The minimum Gasteiger partial charge on any atom is -0.310 e. The Labute approximate surface area is 265 Å². The van der Waals surface area contributed by atoms with Crippen molar-refractivity contribution in [1.82, 2.24) is 9.13 Å². The average Bonchev–Trinajstić information content (AvgIpc) is 3.57. The minimum atomic E-state index is -0.0421. The van der Waals surface area contributed by atoms with E-state index in [-0.39, 0.29) is 5.41 Å². The van der Waals surface area contributed by atoms with Gasteiger partial charge in [-0.15, -0.1) is 0 Å². The van der Waals surface area contributed by atoms with Crippen molar-refractivity contribution in [2.24, 2.45) is 0 Å². The average molecular weight is 583 g/mol. The Morgan fingerprint density at radius 1 is 0.711 bits per heavy atom. The summed E-state index contributed by atoms with van der Waals surface area (Å²) < 4.78 is 5.02. The molecule has 0 spiro atoms. The lowest BCUT2D eigenvalue weighted by molar-refractivity contribution is 0.661. The molecule has 1 atom stereocenters. The van der Waals surface area contributed by atoms with E-state index in [0.717, 1.165) is 12.8 Å². The zero-order valence-corrected chi connectivity index (χ0v) is 26.8. The number of allylic oxidation sites excluding steroid dienone is 7.